The molecule has 0 saturated heterocycles. The Balaban J connectivity index is 2.03. The van der Waals surface area contributed by atoms with Gasteiger partial charge in [-0.3, -0.25) is 4.79 Å². The van der Waals surface area contributed by atoms with Crippen LogP contribution in [0.1, 0.15) is 12.5 Å². The van der Waals surface area contributed by atoms with Crippen molar-refractivity contribution >= 4 is 34.8 Å². The van der Waals surface area contributed by atoms with Gasteiger partial charge in [-0.05, 0) is 37.6 Å². The number of benzene rings is 2. The van der Waals surface area contributed by atoms with E-state index in [1.807, 2.05) is 26.0 Å². The lowest BCUT2D eigenvalue weighted by molar-refractivity contribution is -0.118. The van der Waals surface area contributed by atoms with Crippen LogP contribution in [-0.4, -0.2) is 19.1 Å². The summed E-state index contributed by atoms with van der Waals surface area (Å²) in [6.07, 6.45) is 0. The van der Waals surface area contributed by atoms with Gasteiger partial charge in [0.2, 0.25) is 0 Å². The minimum absolute atomic E-state index is 0.176. The molecule has 6 heteroatoms. The molecule has 0 heterocycles. The van der Waals surface area contributed by atoms with Crippen LogP contribution in [0.5, 0.6) is 11.5 Å². The molecule has 1 amide bonds. The summed E-state index contributed by atoms with van der Waals surface area (Å²) in [7, 11) is 0. The number of aryl methyl sites for hydroxylation is 1. The van der Waals surface area contributed by atoms with E-state index in [0.29, 0.717) is 33.8 Å². The zero-order valence-corrected chi connectivity index (χ0v) is 14.4. The van der Waals surface area contributed by atoms with E-state index in [1.54, 1.807) is 24.3 Å². The second kappa shape index (κ2) is 8.09. The molecule has 0 aromatic heterocycles. The number of hydrogen-bond donors (Lipinski definition) is 1. The molecule has 0 radical (unpaired) electrons. The molecule has 0 fully saturated rings. The zero-order valence-electron chi connectivity index (χ0n) is 12.9. The molecule has 0 aliphatic heterocycles. The highest BCUT2D eigenvalue weighted by Crippen LogP contribution is 2.33. The number of carbonyl (C=O) groups excluding carboxylic acids is 1. The Bertz CT molecular complexity index is 704. The summed E-state index contributed by atoms with van der Waals surface area (Å²) >= 11 is 12.2. The maximum absolute atomic E-state index is 12.1. The van der Waals surface area contributed by atoms with Gasteiger partial charge in [-0.25, -0.2) is 0 Å². The molecule has 4 nitrogen and oxygen atoms in total. The molecule has 0 aliphatic carbocycles. The Morgan fingerprint density at radius 2 is 1.74 bits per heavy atom. The van der Waals surface area contributed by atoms with Crippen molar-refractivity contribution in [2.24, 2.45) is 0 Å². The first kappa shape index (κ1) is 17.4. The van der Waals surface area contributed by atoms with Gasteiger partial charge >= 0.3 is 0 Å². The Kier molecular flexibility index (Phi) is 6.13. The molecule has 0 bridgehead atoms. The second-order valence-electron chi connectivity index (χ2n) is 4.77. The number of ether oxygens (including phenoxy) is 2. The molecular weight excluding hydrogens is 337 g/mol. The van der Waals surface area contributed by atoms with Crippen molar-refractivity contribution in [3.8, 4) is 11.5 Å². The highest BCUT2D eigenvalue weighted by molar-refractivity contribution is 6.40. The predicted octanol–water partition coefficient (Wildman–Crippen LogP) is 4.72. The van der Waals surface area contributed by atoms with Gasteiger partial charge in [-0.2, -0.15) is 0 Å². The number of rotatable bonds is 6. The fraction of sp³-hybridized carbons (Fsp3) is 0.235. The number of amides is 1. The summed E-state index contributed by atoms with van der Waals surface area (Å²) in [5.41, 5.74) is 1.22. The van der Waals surface area contributed by atoms with Gasteiger partial charge in [0.15, 0.2) is 18.1 Å². The number of carbonyl (C=O) groups is 1. The molecule has 0 unspecified atom stereocenters. The van der Waals surface area contributed by atoms with Crippen LogP contribution in [0.3, 0.4) is 0 Å². The molecule has 0 atom stereocenters. The monoisotopic (exact) mass is 353 g/mol. The van der Waals surface area contributed by atoms with Gasteiger partial charge in [0.1, 0.15) is 0 Å². The molecule has 2 aromatic rings. The second-order valence-corrected chi connectivity index (χ2v) is 5.56. The maximum Gasteiger partial charge on any atom is 0.262 e. The lowest BCUT2D eigenvalue weighted by Crippen LogP contribution is -2.21. The largest absolute Gasteiger partial charge is 0.490 e. The minimum atomic E-state index is -0.356. The molecule has 0 spiro atoms. The van der Waals surface area contributed by atoms with E-state index >= 15 is 0 Å². The van der Waals surface area contributed by atoms with Crippen molar-refractivity contribution in [1.82, 2.24) is 0 Å². The van der Waals surface area contributed by atoms with Crippen LogP contribution in [0.2, 0.25) is 10.0 Å². The summed E-state index contributed by atoms with van der Waals surface area (Å²) in [6.45, 7) is 4.06. The number of hydrogen-bond acceptors (Lipinski definition) is 3. The third-order valence-corrected chi connectivity index (χ3v) is 3.86. The van der Waals surface area contributed by atoms with Crippen molar-refractivity contribution in [2.45, 2.75) is 13.8 Å². The van der Waals surface area contributed by atoms with E-state index < -0.39 is 0 Å². The van der Waals surface area contributed by atoms with E-state index in [1.165, 1.54) is 0 Å². The summed E-state index contributed by atoms with van der Waals surface area (Å²) < 4.78 is 11.0. The molecule has 0 aliphatic rings. The Labute approximate surface area is 145 Å². The quantitative estimate of drug-likeness (QED) is 0.817. The average Bonchev–Trinajstić information content (AvgIpc) is 2.55. The van der Waals surface area contributed by atoms with E-state index in [4.69, 9.17) is 32.7 Å². The van der Waals surface area contributed by atoms with Crippen LogP contribution >= 0.6 is 23.2 Å². The highest BCUT2D eigenvalue weighted by atomic mass is 35.5. The standard InChI is InChI=1S/C17H17Cl2NO3/c1-3-22-13-6-4-5-7-14(13)23-10-15(21)20-17-12(18)9-8-11(2)16(17)19/h4-9H,3,10H2,1-2H3,(H,20,21). The van der Waals surface area contributed by atoms with Crippen molar-refractivity contribution in [2.75, 3.05) is 18.5 Å². The predicted molar refractivity (Wildman–Crippen MR) is 92.9 cm³/mol. The Morgan fingerprint density at radius 3 is 2.39 bits per heavy atom. The van der Waals surface area contributed by atoms with Gasteiger partial charge in [0.25, 0.3) is 5.91 Å². The molecule has 2 aromatic carbocycles. The zero-order chi connectivity index (χ0) is 16.8. The maximum atomic E-state index is 12.1. The molecule has 122 valence electrons. The summed E-state index contributed by atoms with van der Waals surface area (Å²) in [5, 5.41) is 3.47. The molecule has 1 N–H and O–H groups in total. The SMILES string of the molecule is CCOc1ccccc1OCC(=O)Nc1c(Cl)ccc(C)c1Cl. The van der Waals surface area contributed by atoms with Gasteiger partial charge < -0.3 is 14.8 Å². The molecule has 23 heavy (non-hydrogen) atoms. The van der Waals surface area contributed by atoms with Gasteiger partial charge in [0, 0.05) is 0 Å². The average molecular weight is 354 g/mol. The van der Waals surface area contributed by atoms with Crippen LogP contribution in [0.15, 0.2) is 36.4 Å². The van der Waals surface area contributed by atoms with E-state index in [-0.39, 0.29) is 12.5 Å². The van der Waals surface area contributed by atoms with Crippen molar-refractivity contribution in [1.29, 1.82) is 0 Å². The van der Waals surface area contributed by atoms with E-state index in [0.717, 1.165) is 5.56 Å². The fourth-order valence-electron chi connectivity index (χ4n) is 1.93. The minimum Gasteiger partial charge on any atom is -0.490 e. The fourth-order valence-corrected chi connectivity index (χ4v) is 2.40. The smallest absolute Gasteiger partial charge is 0.262 e. The highest BCUT2D eigenvalue weighted by Gasteiger charge is 2.13. The molecule has 2 rings (SSSR count). The topological polar surface area (TPSA) is 47.6 Å². The molecular formula is C17H17Cl2NO3. The first-order valence-corrected chi connectivity index (χ1v) is 7.87. The van der Waals surface area contributed by atoms with Crippen LogP contribution in [0, 0.1) is 6.92 Å². The number of nitrogens with one attached hydrogen (secondary N) is 1. The third kappa shape index (κ3) is 4.53. The lowest BCUT2D eigenvalue weighted by atomic mass is 10.2. The first-order chi connectivity index (χ1) is 11.0. The Hall–Kier alpha value is -1.91. The summed E-state index contributed by atoms with van der Waals surface area (Å²) in [4.78, 5) is 12.1. The number of halogens is 2. The van der Waals surface area contributed by atoms with Gasteiger partial charge in [0.05, 0.1) is 22.3 Å². The lowest BCUT2D eigenvalue weighted by Gasteiger charge is -2.13. The number of anilines is 1. The van der Waals surface area contributed by atoms with Gasteiger partial charge in [-0.1, -0.05) is 41.4 Å². The Morgan fingerprint density at radius 1 is 1.09 bits per heavy atom. The van der Waals surface area contributed by atoms with Crippen molar-refractivity contribution in [3.63, 3.8) is 0 Å². The summed E-state index contributed by atoms with van der Waals surface area (Å²) in [5.74, 6) is 0.742. The van der Waals surface area contributed by atoms with Crippen LogP contribution in [0.25, 0.3) is 0 Å². The first-order valence-electron chi connectivity index (χ1n) is 7.12. The van der Waals surface area contributed by atoms with Crippen molar-refractivity contribution < 1.29 is 14.3 Å². The van der Waals surface area contributed by atoms with Crippen LogP contribution in [0.4, 0.5) is 5.69 Å². The van der Waals surface area contributed by atoms with Crippen molar-refractivity contribution in [3.05, 3.63) is 52.0 Å². The van der Waals surface area contributed by atoms with Crippen LogP contribution < -0.4 is 14.8 Å². The molecule has 0 saturated carbocycles. The third-order valence-electron chi connectivity index (χ3n) is 3.06. The van der Waals surface area contributed by atoms with E-state index in [9.17, 15) is 4.79 Å². The van der Waals surface area contributed by atoms with Gasteiger partial charge in [-0.15, -0.1) is 0 Å². The normalized spacial score (nSPS) is 10.3. The van der Waals surface area contributed by atoms with Crippen LogP contribution in [-0.2, 0) is 4.79 Å². The van der Waals surface area contributed by atoms with E-state index in [2.05, 4.69) is 5.32 Å². The number of para-hydroxylation sites is 2. The summed E-state index contributed by atoms with van der Waals surface area (Å²) in [6, 6.07) is 10.6.